The van der Waals surface area contributed by atoms with Gasteiger partial charge in [0, 0.05) is 10.2 Å². The summed E-state index contributed by atoms with van der Waals surface area (Å²) in [6.45, 7) is -0.659. The second kappa shape index (κ2) is 8.39. The number of esters is 1. The first-order valence-corrected chi connectivity index (χ1v) is 9.46. The smallest absolute Gasteiger partial charge is 0.341 e. The molecule has 7 nitrogen and oxygen atoms in total. The van der Waals surface area contributed by atoms with Crippen LogP contribution in [0.2, 0.25) is 0 Å². The third-order valence-electron chi connectivity index (χ3n) is 3.18. The molecule has 0 spiro atoms. The van der Waals surface area contributed by atoms with E-state index >= 15 is 0 Å². The van der Waals surface area contributed by atoms with E-state index in [1.54, 1.807) is 24.3 Å². The lowest BCUT2D eigenvalue weighted by Crippen LogP contribution is -2.22. The highest BCUT2D eigenvalue weighted by Crippen LogP contribution is 2.17. The molecule has 0 atom stereocenters. The van der Waals surface area contributed by atoms with Gasteiger partial charge < -0.3 is 10.1 Å². The monoisotopic (exact) mass is 444 g/mol. The average Bonchev–Trinajstić information content (AvgIpc) is 2.60. The summed E-state index contributed by atoms with van der Waals surface area (Å²) in [5.41, 5.74) is -0.106. The Morgan fingerprint density at radius 1 is 1.19 bits per heavy atom. The van der Waals surface area contributed by atoms with Gasteiger partial charge in [-0.15, -0.1) is 0 Å². The van der Waals surface area contributed by atoms with E-state index in [9.17, 15) is 22.4 Å². The van der Waals surface area contributed by atoms with E-state index in [0.29, 0.717) is 5.69 Å². The molecule has 0 saturated carbocycles. The average molecular weight is 445 g/mol. The van der Waals surface area contributed by atoms with Crippen LogP contribution in [-0.2, 0) is 19.6 Å². The molecule has 0 unspecified atom stereocenters. The number of benzene rings is 2. The van der Waals surface area contributed by atoms with Crippen molar-refractivity contribution in [3.05, 3.63) is 58.3 Å². The predicted molar refractivity (Wildman–Crippen MR) is 95.7 cm³/mol. The van der Waals surface area contributed by atoms with E-state index in [1.165, 1.54) is 7.05 Å². The summed E-state index contributed by atoms with van der Waals surface area (Å²) in [6.07, 6.45) is 0. The van der Waals surface area contributed by atoms with Crippen LogP contribution in [0.5, 0.6) is 0 Å². The van der Waals surface area contributed by atoms with Crippen molar-refractivity contribution in [2.75, 3.05) is 19.0 Å². The summed E-state index contributed by atoms with van der Waals surface area (Å²) < 4.78 is 44.8. The summed E-state index contributed by atoms with van der Waals surface area (Å²) in [4.78, 5) is 23.5. The number of carbonyl (C=O) groups is 2. The molecule has 2 N–H and O–H groups in total. The van der Waals surface area contributed by atoms with Crippen molar-refractivity contribution in [2.45, 2.75) is 4.90 Å². The zero-order valence-corrected chi connectivity index (χ0v) is 15.9. The van der Waals surface area contributed by atoms with Crippen LogP contribution in [-0.4, -0.2) is 33.9 Å². The second-order valence-electron chi connectivity index (χ2n) is 4.98. The fourth-order valence-electron chi connectivity index (χ4n) is 1.92. The van der Waals surface area contributed by atoms with Crippen LogP contribution in [0.4, 0.5) is 10.1 Å². The SMILES string of the molecule is CNS(=O)(=O)c1ccc(F)c(C(=O)OCC(=O)Nc2cccc(Br)c2)c1. The summed E-state index contributed by atoms with van der Waals surface area (Å²) >= 11 is 3.25. The Morgan fingerprint density at radius 2 is 1.92 bits per heavy atom. The van der Waals surface area contributed by atoms with E-state index in [2.05, 4.69) is 26.0 Å². The van der Waals surface area contributed by atoms with Crippen molar-refractivity contribution in [3.63, 3.8) is 0 Å². The van der Waals surface area contributed by atoms with E-state index in [1.807, 2.05) is 0 Å². The molecule has 2 rings (SSSR count). The molecule has 0 bridgehead atoms. The zero-order valence-electron chi connectivity index (χ0n) is 13.5. The molecular formula is C16H14BrFN2O5S. The third-order valence-corrected chi connectivity index (χ3v) is 5.08. The molecule has 1 amide bonds. The quantitative estimate of drug-likeness (QED) is 0.665. The lowest BCUT2D eigenvalue weighted by molar-refractivity contribution is -0.119. The Morgan fingerprint density at radius 3 is 2.58 bits per heavy atom. The van der Waals surface area contributed by atoms with Gasteiger partial charge in [-0.2, -0.15) is 0 Å². The van der Waals surface area contributed by atoms with Gasteiger partial charge in [-0.3, -0.25) is 4.79 Å². The van der Waals surface area contributed by atoms with Gasteiger partial charge >= 0.3 is 5.97 Å². The first-order valence-electron chi connectivity index (χ1n) is 7.18. The maximum atomic E-state index is 13.8. The first kappa shape index (κ1) is 20.0. The Labute approximate surface area is 157 Å². The topological polar surface area (TPSA) is 102 Å². The lowest BCUT2D eigenvalue weighted by atomic mass is 10.2. The molecule has 2 aromatic carbocycles. The molecular weight excluding hydrogens is 431 g/mol. The van der Waals surface area contributed by atoms with Crippen LogP contribution in [0, 0.1) is 5.82 Å². The number of hydrogen-bond acceptors (Lipinski definition) is 5. The number of sulfonamides is 1. The molecule has 0 heterocycles. The maximum Gasteiger partial charge on any atom is 0.341 e. The Kier molecular flexibility index (Phi) is 6.46. The van der Waals surface area contributed by atoms with Crippen LogP contribution in [0.3, 0.4) is 0 Å². The number of ether oxygens (including phenoxy) is 1. The second-order valence-corrected chi connectivity index (χ2v) is 7.79. The molecule has 0 aliphatic carbocycles. The van der Waals surface area contributed by atoms with Gasteiger partial charge in [-0.05, 0) is 43.4 Å². The zero-order chi connectivity index (χ0) is 19.3. The van der Waals surface area contributed by atoms with E-state index in [0.717, 1.165) is 22.7 Å². The minimum absolute atomic E-state index is 0.299. The van der Waals surface area contributed by atoms with E-state index in [4.69, 9.17) is 4.74 Å². The van der Waals surface area contributed by atoms with Crippen LogP contribution in [0.15, 0.2) is 51.8 Å². The summed E-state index contributed by atoms with van der Waals surface area (Å²) in [5, 5.41) is 2.50. The minimum atomic E-state index is -3.86. The lowest BCUT2D eigenvalue weighted by Gasteiger charge is -2.09. The molecule has 0 saturated heterocycles. The summed E-state index contributed by atoms with van der Waals surface area (Å²) in [5.74, 6) is -2.74. The van der Waals surface area contributed by atoms with E-state index in [-0.39, 0.29) is 4.90 Å². The molecule has 0 aliphatic rings. The largest absolute Gasteiger partial charge is 0.452 e. The fourth-order valence-corrected chi connectivity index (χ4v) is 3.07. The van der Waals surface area contributed by atoms with Gasteiger partial charge in [0.15, 0.2) is 6.61 Å². The molecule has 10 heteroatoms. The highest BCUT2D eigenvalue weighted by Gasteiger charge is 2.20. The number of nitrogens with one attached hydrogen (secondary N) is 2. The summed E-state index contributed by atoms with van der Waals surface area (Å²) in [7, 11) is -2.67. The number of carbonyl (C=O) groups excluding carboxylic acids is 2. The van der Waals surface area contributed by atoms with Crippen molar-refractivity contribution in [1.82, 2.24) is 4.72 Å². The normalized spacial score (nSPS) is 11.0. The van der Waals surface area contributed by atoms with Crippen molar-refractivity contribution in [3.8, 4) is 0 Å². The molecule has 26 heavy (non-hydrogen) atoms. The highest BCUT2D eigenvalue weighted by molar-refractivity contribution is 9.10. The number of anilines is 1. The molecule has 0 fully saturated rings. The van der Waals surface area contributed by atoms with Gasteiger partial charge in [0.1, 0.15) is 5.82 Å². The number of hydrogen-bond donors (Lipinski definition) is 2. The molecule has 0 aromatic heterocycles. The van der Waals surface area contributed by atoms with Gasteiger partial charge in [0.25, 0.3) is 5.91 Å². The fraction of sp³-hybridized carbons (Fsp3) is 0.125. The molecule has 0 aliphatic heterocycles. The minimum Gasteiger partial charge on any atom is -0.452 e. The van der Waals surface area contributed by atoms with Crippen LogP contribution in [0.25, 0.3) is 0 Å². The van der Waals surface area contributed by atoms with Gasteiger partial charge in [0.05, 0.1) is 10.5 Å². The Hall–Kier alpha value is -2.30. The Bertz CT molecular complexity index is 949. The molecule has 138 valence electrons. The third kappa shape index (κ3) is 5.10. The maximum absolute atomic E-state index is 13.8. The number of amides is 1. The van der Waals surface area contributed by atoms with Gasteiger partial charge in [-0.25, -0.2) is 22.3 Å². The van der Waals surface area contributed by atoms with Crippen LogP contribution < -0.4 is 10.0 Å². The molecule has 2 aromatic rings. The van der Waals surface area contributed by atoms with Gasteiger partial charge in [-0.1, -0.05) is 22.0 Å². The standard InChI is InChI=1S/C16H14BrFN2O5S/c1-19-26(23,24)12-5-6-14(18)13(8-12)16(22)25-9-15(21)20-11-4-2-3-10(17)7-11/h2-8,19H,9H2,1H3,(H,20,21). The van der Waals surface area contributed by atoms with E-state index < -0.39 is 39.9 Å². The highest BCUT2D eigenvalue weighted by atomic mass is 79.9. The van der Waals surface area contributed by atoms with Crippen molar-refractivity contribution in [2.24, 2.45) is 0 Å². The van der Waals surface area contributed by atoms with Gasteiger partial charge in [0.2, 0.25) is 10.0 Å². The Balaban J connectivity index is 2.05. The van der Waals surface area contributed by atoms with Crippen molar-refractivity contribution >= 4 is 43.5 Å². The van der Waals surface area contributed by atoms with Crippen molar-refractivity contribution in [1.29, 1.82) is 0 Å². The predicted octanol–water partition coefficient (Wildman–Crippen LogP) is 2.29. The summed E-state index contributed by atoms with van der Waals surface area (Å²) in [6, 6.07) is 9.44. The van der Waals surface area contributed by atoms with Crippen molar-refractivity contribution < 1.29 is 27.1 Å². The van der Waals surface area contributed by atoms with Crippen LogP contribution >= 0.6 is 15.9 Å². The number of rotatable bonds is 6. The first-order chi connectivity index (χ1) is 12.2. The van der Waals surface area contributed by atoms with Crippen LogP contribution in [0.1, 0.15) is 10.4 Å². The molecule has 0 radical (unpaired) electrons. The number of halogens is 2.